The van der Waals surface area contributed by atoms with Gasteiger partial charge in [0.05, 0.1) is 0 Å². The largest absolute Gasteiger partial charge is 0.350 e. The smallest absolute Gasteiger partial charge is 0.255 e. The number of carbonyl (C=O) groups excluding carboxylic acids is 4. The highest BCUT2D eigenvalue weighted by Gasteiger charge is 2.39. The molecule has 1 unspecified atom stereocenters. The van der Waals surface area contributed by atoms with Crippen LogP contribution in [0.25, 0.3) is 0 Å². The Labute approximate surface area is 173 Å². The van der Waals surface area contributed by atoms with Crippen molar-refractivity contribution in [1.82, 2.24) is 15.5 Å². The van der Waals surface area contributed by atoms with Gasteiger partial charge in [0.25, 0.3) is 11.8 Å². The van der Waals surface area contributed by atoms with Gasteiger partial charge in [0.1, 0.15) is 6.04 Å². The number of carbonyl (C=O) groups is 4. The van der Waals surface area contributed by atoms with Crippen LogP contribution in [-0.2, 0) is 16.1 Å². The second kappa shape index (κ2) is 8.08. The summed E-state index contributed by atoms with van der Waals surface area (Å²) in [5.41, 5.74) is 8.63. The monoisotopic (exact) mass is 406 g/mol. The van der Waals surface area contributed by atoms with Crippen molar-refractivity contribution < 1.29 is 19.2 Å². The average molecular weight is 406 g/mol. The Hall–Kier alpha value is -3.52. The first-order valence-electron chi connectivity index (χ1n) is 9.80. The van der Waals surface area contributed by atoms with E-state index in [2.05, 4.69) is 10.6 Å². The lowest BCUT2D eigenvalue weighted by molar-refractivity contribution is -0.136. The first-order chi connectivity index (χ1) is 14.4. The molecule has 4 rings (SSSR count). The molecule has 1 fully saturated rings. The normalized spacial score (nSPS) is 19.3. The SMILES string of the molecule is N[C@H](CNC(=O)c1ccc2c(c1)CN(C1CCC(=O)NC1=O)C2=O)c1ccccc1. The molecule has 2 heterocycles. The van der Waals surface area contributed by atoms with Gasteiger partial charge in [0.2, 0.25) is 11.8 Å². The van der Waals surface area contributed by atoms with Gasteiger partial charge < -0.3 is 16.0 Å². The van der Waals surface area contributed by atoms with Gasteiger partial charge >= 0.3 is 0 Å². The number of nitrogens with one attached hydrogen (secondary N) is 2. The summed E-state index contributed by atoms with van der Waals surface area (Å²) in [6.07, 6.45) is 0.501. The minimum atomic E-state index is -0.677. The second-order valence-electron chi connectivity index (χ2n) is 7.50. The van der Waals surface area contributed by atoms with E-state index >= 15 is 0 Å². The predicted molar refractivity (Wildman–Crippen MR) is 108 cm³/mol. The fraction of sp³-hybridized carbons (Fsp3) is 0.273. The van der Waals surface area contributed by atoms with Gasteiger partial charge in [-0.1, -0.05) is 30.3 Å². The van der Waals surface area contributed by atoms with Crippen molar-refractivity contribution in [2.75, 3.05) is 6.54 Å². The molecule has 0 saturated carbocycles. The summed E-state index contributed by atoms with van der Waals surface area (Å²) in [5.74, 6) is -1.33. The zero-order chi connectivity index (χ0) is 21.3. The lowest BCUT2D eigenvalue weighted by Crippen LogP contribution is -2.52. The molecular weight excluding hydrogens is 384 g/mol. The third kappa shape index (κ3) is 3.81. The summed E-state index contributed by atoms with van der Waals surface area (Å²) < 4.78 is 0. The van der Waals surface area contributed by atoms with Crippen LogP contribution < -0.4 is 16.4 Å². The topological polar surface area (TPSA) is 122 Å². The van der Waals surface area contributed by atoms with E-state index in [0.29, 0.717) is 23.1 Å². The van der Waals surface area contributed by atoms with Crippen LogP contribution in [0.15, 0.2) is 48.5 Å². The summed E-state index contributed by atoms with van der Waals surface area (Å²) in [6, 6.07) is 13.4. The van der Waals surface area contributed by atoms with Crippen molar-refractivity contribution >= 4 is 23.6 Å². The van der Waals surface area contributed by atoms with Crippen LogP contribution in [-0.4, -0.2) is 41.1 Å². The van der Waals surface area contributed by atoms with E-state index in [1.807, 2.05) is 30.3 Å². The van der Waals surface area contributed by atoms with Crippen LogP contribution in [0.2, 0.25) is 0 Å². The number of nitrogens with two attached hydrogens (primary N) is 1. The molecule has 4 amide bonds. The van der Waals surface area contributed by atoms with Gasteiger partial charge in [-0.2, -0.15) is 0 Å². The Bertz CT molecular complexity index is 1020. The molecule has 8 nitrogen and oxygen atoms in total. The van der Waals surface area contributed by atoms with Crippen molar-refractivity contribution in [3.63, 3.8) is 0 Å². The summed E-state index contributed by atoms with van der Waals surface area (Å²) in [6.45, 7) is 0.506. The van der Waals surface area contributed by atoms with E-state index in [4.69, 9.17) is 5.73 Å². The van der Waals surface area contributed by atoms with Crippen LogP contribution in [0.1, 0.15) is 50.7 Å². The number of benzene rings is 2. The third-order valence-electron chi connectivity index (χ3n) is 5.50. The summed E-state index contributed by atoms with van der Waals surface area (Å²) in [7, 11) is 0. The molecule has 1 saturated heterocycles. The van der Waals surface area contributed by atoms with Crippen molar-refractivity contribution in [3.8, 4) is 0 Å². The van der Waals surface area contributed by atoms with Crippen LogP contribution in [0.3, 0.4) is 0 Å². The Kier molecular flexibility index (Phi) is 5.33. The molecule has 0 bridgehead atoms. The molecule has 2 aromatic rings. The summed E-state index contributed by atoms with van der Waals surface area (Å²) >= 11 is 0. The number of imide groups is 1. The molecule has 2 aliphatic heterocycles. The quantitative estimate of drug-likeness (QED) is 0.637. The van der Waals surface area contributed by atoms with E-state index in [9.17, 15) is 19.2 Å². The minimum absolute atomic E-state index is 0.200. The fourth-order valence-corrected chi connectivity index (χ4v) is 3.84. The van der Waals surface area contributed by atoms with E-state index in [-0.39, 0.29) is 43.3 Å². The van der Waals surface area contributed by atoms with Gasteiger partial charge in [-0.25, -0.2) is 0 Å². The van der Waals surface area contributed by atoms with E-state index in [1.165, 1.54) is 4.90 Å². The summed E-state index contributed by atoms with van der Waals surface area (Å²) in [4.78, 5) is 50.2. The Morgan fingerprint density at radius 1 is 1.17 bits per heavy atom. The van der Waals surface area contributed by atoms with Crippen LogP contribution in [0.5, 0.6) is 0 Å². The zero-order valence-corrected chi connectivity index (χ0v) is 16.3. The zero-order valence-electron chi connectivity index (χ0n) is 16.3. The van der Waals surface area contributed by atoms with Crippen LogP contribution in [0.4, 0.5) is 0 Å². The molecular formula is C22H22N4O4. The van der Waals surface area contributed by atoms with Gasteiger partial charge in [0, 0.05) is 36.7 Å². The van der Waals surface area contributed by atoms with Crippen molar-refractivity contribution in [3.05, 3.63) is 70.8 Å². The van der Waals surface area contributed by atoms with E-state index in [1.54, 1.807) is 18.2 Å². The molecule has 0 radical (unpaired) electrons. The van der Waals surface area contributed by atoms with Crippen molar-refractivity contribution in [2.24, 2.45) is 5.73 Å². The minimum Gasteiger partial charge on any atom is -0.350 e. The molecule has 2 aliphatic rings. The van der Waals surface area contributed by atoms with Crippen LogP contribution in [0, 0.1) is 0 Å². The van der Waals surface area contributed by atoms with E-state index in [0.717, 1.165) is 5.56 Å². The molecule has 30 heavy (non-hydrogen) atoms. The number of nitrogens with zero attached hydrogens (tertiary/aromatic N) is 1. The molecule has 2 atom stereocenters. The standard InChI is InChI=1S/C22H22N4O4/c23-17(13-4-2-1-3-5-13)11-24-20(28)14-6-7-16-15(10-14)12-26(22(16)30)18-8-9-19(27)25-21(18)29/h1-7,10,17-18H,8-9,11-12,23H2,(H,24,28)(H,25,27,29)/t17-,18?/m1/s1. The number of rotatable bonds is 5. The van der Waals surface area contributed by atoms with Crippen molar-refractivity contribution in [2.45, 2.75) is 31.5 Å². The lowest BCUT2D eigenvalue weighted by atomic mass is 10.0. The molecule has 0 spiro atoms. The number of hydrogen-bond donors (Lipinski definition) is 3. The maximum absolute atomic E-state index is 12.7. The van der Waals surface area contributed by atoms with Gasteiger partial charge in [-0.3, -0.25) is 24.5 Å². The first kappa shape index (κ1) is 19.8. The highest BCUT2D eigenvalue weighted by molar-refractivity contribution is 6.06. The molecule has 0 aliphatic carbocycles. The Morgan fingerprint density at radius 2 is 1.93 bits per heavy atom. The molecule has 0 aromatic heterocycles. The molecule has 2 aromatic carbocycles. The highest BCUT2D eigenvalue weighted by Crippen LogP contribution is 2.28. The van der Waals surface area contributed by atoms with Gasteiger partial charge in [0.15, 0.2) is 0 Å². The third-order valence-corrected chi connectivity index (χ3v) is 5.50. The van der Waals surface area contributed by atoms with Crippen molar-refractivity contribution in [1.29, 1.82) is 0 Å². The maximum atomic E-state index is 12.7. The van der Waals surface area contributed by atoms with E-state index < -0.39 is 11.9 Å². The van der Waals surface area contributed by atoms with Gasteiger partial charge in [-0.15, -0.1) is 0 Å². The van der Waals surface area contributed by atoms with Crippen LogP contribution >= 0.6 is 0 Å². The number of fused-ring (bicyclic) bond motifs is 1. The fourth-order valence-electron chi connectivity index (χ4n) is 3.84. The highest BCUT2D eigenvalue weighted by atomic mass is 16.2. The number of amides is 4. The maximum Gasteiger partial charge on any atom is 0.255 e. The first-order valence-corrected chi connectivity index (χ1v) is 9.80. The number of piperidine rings is 1. The Balaban J connectivity index is 1.43. The molecule has 154 valence electrons. The summed E-state index contributed by atoms with van der Waals surface area (Å²) in [5, 5.41) is 5.10. The Morgan fingerprint density at radius 3 is 2.67 bits per heavy atom. The number of hydrogen-bond acceptors (Lipinski definition) is 5. The molecule has 8 heteroatoms. The molecule has 4 N–H and O–H groups in total. The average Bonchev–Trinajstić information content (AvgIpc) is 3.08. The predicted octanol–water partition coefficient (Wildman–Crippen LogP) is 0.877. The lowest BCUT2D eigenvalue weighted by Gasteiger charge is -2.29. The second-order valence-corrected chi connectivity index (χ2v) is 7.50. The van der Waals surface area contributed by atoms with Gasteiger partial charge in [-0.05, 0) is 35.7 Å².